The Bertz CT molecular complexity index is 373. The summed E-state index contributed by atoms with van der Waals surface area (Å²) >= 11 is 12.5. The van der Waals surface area contributed by atoms with Gasteiger partial charge in [-0.1, -0.05) is 35.7 Å². The van der Waals surface area contributed by atoms with Gasteiger partial charge in [0.15, 0.2) is 0 Å². The highest BCUT2D eigenvalue weighted by atomic mass is 35.5. The molecule has 1 saturated heterocycles. The molecule has 0 spiro atoms. The van der Waals surface area contributed by atoms with Crippen LogP contribution in [0.3, 0.4) is 0 Å². The fourth-order valence-corrected chi connectivity index (χ4v) is 3.14. The van der Waals surface area contributed by atoms with Crippen LogP contribution in [-0.4, -0.2) is 31.1 Å². The molecule has 1 atom stereocenters. The van der Waals surface area contributed by atoms with Crippen molar-refractivity contribution in [2.24, 2.45) is 0 Å². The summed E-state index contributed by atoms with van der Waals surface area (Å²) in [5.74, 6) is 0. The SMILES string of the molecule is CNCC1CCCCN1Cc1c(Cl)cccc1Cl. The number of rotatable bonds is 4. The van der Waals surface area contributed by atoms with Crippen LogP contribution in [0.4, 0.5) is 0 Å². The second kappa shape index (κ2) is 6.76. The van der Waals surface area contributed by atoms with Gasteiger partial charge in [-0.25, -0.2) is 0 Å². The van der Waals surface area contributed by atoms with Crippen molar-refractivity contribution >= 4 is 23.2 Å². The van der Waals surface area contributed by atoms with Crippen molar-refractivity contribution in [3.8, 4) is 0 Å². The van der Waals surface area contributed by atoms with E-state index in [-0.39, 0.29) is 0 Å². The Hall–Kier alpha value is -0.280. The maximum Gasteiger partial charge on any atom is 0.0465 e. The molecule has 1 aliphatic heterocycles. The fraction of sp³-hybridized carbons (Fsp3) is 0.571. The van der Waals surface area contributed by atoms with Gasteiger partial charge in [0.2, 0.25) is 0 Å². The number of nitrogens with one attached hydrogen (secondary N) is 1. The number of likely N-dealkylation sites (N-methyl/N-ethyl adjacent to an activating group) is 1. The van der Waals surface area contributed by atoms with Crippen LogP contribution in [0.1, 0.15) is 24.8 Å². The van der Waals surface area contributed by atoms with Crippen molar-refractivity contribution in [1.82, 2.24) is 10.2 Å². The van der Waals surface area contributed by atoms with Gasteiger partial charge in [0.1, 0.15) is 0 Å². The van der Waals surface area contributed by atoms with Crippen LogP contribution in [0.15, 0.2) is 18.2 Å². The number of piperidine rings is 1. The molecule has 0 saturated carbocycles. The molecule has 4 heteroatoms. The summed E-state index contributed by atoms with van der Waals surface area (Å²) in [6, 6.07) is 6.32. The van der Waals surface area contributed by atoms with Gasteiger partial charge in [-0.3, -0.25) is 4.90 Å². The average molecular weight is 287 g/mol. The number of likely N-dealkylation sites (tertiary alicyclic amines) is 1. The summed E-state index contributed by atoms with van der Waals surface area (Å²) in [6.07, 6.45) is 3.84. The number of benzene rings is 1. The predicted molar refractivity (Wildman–Crippen MR) is 78.4 cm³/mol. The van der Waals surface area contributed by atoms with Gasteiger partial charge in [0.05, 0.1) is 0 Å². The van der Waals surface area contributed by atoms with Crippen molar-refractivity contribution in [2.75, 3.05) is 20.1 Å². The zero-order valence-electron chi connectivity index (χ0n) is 10.8. The Morgan fingerprint density at radius 2 is 2.00 bits per heavy atom. The number of hydrogen-bond donors (Lipinski definition) is 1. The van der Waals surface area contributed by atoms with E-state index in [0.29, 0.717) is 6.04 Å². The van der Waals surface area contributed by atoms with Crippen LogP contribution in [-0.2, 0) is 6.54 Å². The first-order chi connectivity index (χ1) is 8.72. The van der Waals surface area contributed by atoms with E-state index in [1.54, 1.807) is 0 Å². The van der Waals surface area contributed by atoms with Crippen molar-refractivity contribution in [3.63, 3.8) is 0 Å². The molecule has 2 nitrogen and oxygen atoms in total. The topological polar surface area (TPSA) is 15.3 Å². The minimum absolute atomic E-state index is 0.594. The second-order valence-electron chi connectivity index (χ2n) is 4.88. The quantitative estimate of drug-likeness (QED) is 0.910. The Balaban J connectivity index is 2.11. The molecule has 0 amide bonds. The highest BCUT2D eigenvalue weighted by Crippen LogP contribution is 2.28. The molecular formula is C14H20Cl2N2. The van der Waals surface area contributed by atoms with E-state index < -0.39 is 0 Å². The highest BCUT2D eigenvalue weighted by Gasteiger charge is 2.23. The number of halogens is 2. The van der Waals surface area contributed by atoms with E-state index in [1.807, 2.05) is 25.2 Å². The third kappa shape index (κ3) is 3.39. The minimum atomic E-state index is 0.594. The molecule has 100 valence electrons. The Morgan fingerprint density at radius 1 is 1.28 bits per heavy atom. The van der Waals surface area contributed by atoms with Crippen molar-refractivity contribution in [1.29, 1.82) is 0 Å². The van der Waals surface area contributed by atoms with Crippen LogP contribution >= 0.6 is 23.2 Å². The van der Waals surface area contributed by atoms with E-state index in [0.717, 1.165) is 35.2 Å². The van der Waals surface area contributed by atoms with Crippen LogP contribution in [0, 0.1) is 0 Å². The lowest BCUT2D eigenvalue weighted by Gasteiger charge is -2.36. The van der Waals surface area contributed by atoms with Crippen LogP contribution in [0.2, 0.25) is 10.0 Å². The Labute approximate surface area is 119 Å². The highest BCUT2D eigenvalue weighted by molar-refractivity contribution is 6.35. The standard InChI is InChI=1S/C14H20Cl2N2/c1-17-9-11-5-2-3-8-18(11)10-12-13(15)6-4-7-14(12)16/h4,6-7,11,17H,2-3,5,8-10H2,1H3. The zero-order valence-corrected chi connectivity index (χ0v) is 12.3. The van der Waals surface area contributed by atoms with Gasteiger partial charge in [-0.05, 0) is 38.6 Å². The molecule has 18 heavy (non-hydrogen) atoms. The molecule has 1 aliphatic rings. The largest absolute Gasteiger partial charge is 0.318 e. The maximum absolute atomic E-state index is 6.25. The molecule has 1 unspecified atom stereocenters. The first kappa shape index (κ1) is 14.1. The molecule has 1 fully saturated rings. The third-order valence-corrected chi connectivity index (χ3v) is 4.32. The van der Waals surface area contributed by atoms with Crippen LogP contribution in [0.25, 0.3) is 0 Å². The van der Waals surface area contributed by atoms with Gasteiger partial charge in [0, 0.05) is 34.7 Å². The molecule has 1 aromatic carbocycles. The summed E-state index contributed by atoms with van der Waals surface area (Å²) in [6.45, 7) is 3.01. The second-order valence-corrected chi connectivity index (χ2v) is 5.69. The lowest BCUT2D eigenvalue weighted by Crippen LogP contribution is -2.44. The van der Waals surface area contributed by atoms with Crippen LogP contribution < -0.4 is 5.32 Å². The Morgan fingerprint density at radius 3 is 2.67 bits per heavy atom. The van der Waals surface area contributed by atoms with E-state index in [4.69, 9.17) is 23.2 Å². The molecule has 0 aliphatic carbocycles. The van der Waals surface area contributed by atoms with Crippen molar-refractivity contribution < 1.29 is 0 Å². The van der Waals surface area contributed by atoms with E-state index >= 15 is 0 Å². The fourth-order valence-electron chi connectivity index (χ4n) is 2.62. The molecular weight excluding hydrogens is 267 g/mol. The molecule has 1 aromatic rings. The third-order valence-electron chi connectivity index (χ3n) is 3.61. The lowest BCUT2D eigenvalue weighted by atomic mass is 10.0. The molecule has 0 radical (unpaired) electrons. The molecule has 1 N–H and O–H groups in total. The van der Waals surface area contributed by atoms with E-state index in [1.165, 1.54) is 19.3 Å². The zero-order chi connectivity index (χ0) is 13.0. The summed E-state index contributed by atoms with van der Waals surface area (Å²) in [5, 5.41) is 4.82. The summed E-state index contributed by atoms with van der Waals surface area (Å²) in [7, 11) is 2.01. The molecule has 2 rings (SSSR count). The summed E-state index contributed by atoms with van der Waals surface area (Å²) in [4.78, 5) is 2.49. The predicted octanol–water partition coefficient (Wildman–Crippen LogP) is 3.57. The van der Waals surface area contributed by atoms with E-state index in [9.17, 15) is 0 Å². The Kier molecular flexibility index (Phi) is 5.31. The maximum atomic E-state index is 6.25. The molecule has 0 bridgehead atoms. The average Bonchev–Trinajstić information content (AvgIpc) is 2.36. The van der Waals surface area contributed by atoms with Gasteiger partial charge >= 0.3 is 0 Å². The summed E-state index contributed by atoms with van der Waals surface area (Å²) in [5.41, 5.74) is 1.06. The summed E-state index contributed by atoms with van der Waals surface area (Å²) < 4.78 is 0. The minimum Gasteiger partial charge on any atom is -0.318 e. The van der Waals surface area contributed by atoms with Gasteiger partial charge in [-0.15, -0.1) is 0 Å². The smallest absolute Gasteiger partial charge is 0.0465 e. The number of nitrogens with zero attached hydrogens (tertiary/aromatic N) is 1. The monoisotopic (exact) mass is 286 g/mol. The lowest BCUT2D eigenvalue weighted by molar-refractivity contribution is 0.139. The van der Waals surface area contributed by atoms with Gasteiger partial charge in [-0.2, -0.15) is 0 Å². The van der Waals surface area contributed by atoms with Crippen molar-refractivity contribution in [3.05, 3.63) is 33.8 Å². The van der Waals surface area contributed by atoms with Gasteiger partial charge < -0.3 is 5.32 Å². The first-order valence-electron chi connectivity index (χ1n) is 6.54. The van der Waals surface area contributed by atoms with E-state index in [2.05, 4.69) is 10.2 Å². The molecule has 0 aromatic heterocycles. The number of hydrogen-bond acceptors (Lipinski definition) is 2. The van der Waals surface area contributed by atoms with Crippen LogP contribution in [0.5, 0.6) is 0 Å². The normalized spacial score (nSPS) is 21.2. The first-order valence-corrected chi connectivity index (χ1v) is 7.29. The van der Waals surface area contributed by atoms with Crippen molar-refractivity contribution in [2.45, 2.75) is 31.8 Å². The van der Waals surface area contributed by atoms with Gasteiger partial charge in [0.25, 0.3) is 0 Å². The molecule has 1 heterocycles.